The van der Waals surface area contributed by atoms with Gasteiger partial charge in [-0.1, -0.05) is 31.5 Å². The molecule has 2 rings (SSSR count). The van der Waals surface area contributed by atoms with Gasteiger partial charge in [0.2, 0.25) is 5.91 Å². The summed E-state index contributed by atoms with van der Waals surface area (Å²) in [5.74, 6) is 0.334. The van der Waals surface area contributed by atoms with Crippen molar-refractivity contribution in [3.05, 3.63) is 54.1 Å². The van der Waals surface area contributed by atoms with E-state index in [0.29, 0.717) is 23.6 Å². The Morgan fingerprint density at radius 3 is 2.64 bits per heavy atom. The molecule has 7 heteroatoms. The summed E-state index contributed by atoms with van der Waals surface area (Å²) in [5, 5.41) is 2.77. The van der Waals surface area contributed by atoms with Crippen molar-refractivity contribution in [3.63, 3.8) is 0 Å². The molecule has 2 aromatic carbocycles. The molecule has 2 aromatic rings. The molecule has 0 radical (unpaired) electrons. The smallest absolute Gasteiger partial charge is 0.387 e. The molecule has 0 aliphatic rings. The van der Waals surface area contributed by atoms with Crippen molar-refractivity contribution in [2.45, 2.75) is 26.4 Å². The quantitative estimate of drug-likeness (QED) is 0.451. The van der Waals surface area contributed by atoms with E-state index in [1.54, 1.807) is 30.3 Å². The van der Waals surface area contributed by atoms with E-state index in [-0.39, 0.29) is 17.4 Å². The number of rotatable bonds is 10. The summed E-state index contributed by atoms with van der Waals surface area (Å²) in [4.78, 5) is 12.2. The first-order valence-electron chi connectivity index (χ1n) is 8.87. The van der Waals surface area contributed by atoms with E-state index >= 15 is 0 Å². The van der Waals surface area contributed by atoms with Gasteiger partial charge in [0.25, 0.3) is 0 Å². The number of unbranched alkanes of at least 4 members (excludes halogenated alkanes) is 1. The third-order valence-corrected chi connectivity index (χ3v) is 3.73. The van der Waals surface area contributed by atoms with Gasteiger partial charge >= 0.3 is 6.61 Å². The maximum Gasteiger partial charge on any atom is 0.387 e. The second-order valence-corrected chi connectivity index (χ2v) is 5.81. The molecule has 0 saturated heterocycles. The maximum absolute atomic E-state index is 12.4. The molecule has 5 nitrogen and oxygen atoms in total. The second-order valence-electron chi connectivity index (χ2n) is 5.81. The van der Waals surface area contributed by atoms with E-state index in [1.807, 2.05) is 6.07 Å². The zero-order valence-corrected chi connectivity index (χ0v) is 15.8. The van der Waals surface area contributed by atoms with E-state index in [1.165, 1.54) is 25.3 Å². The molecule has 0 aromatic heterocycles. The molecule has 1 amide bonds. The summed E-state index contributed by atoms with van der Waals surface area (Å²) in [6.07, 6.45) is 4.83. The lowest BCUT2D eigenvalue weighted by Gasteiger charge is -2.11. The van der Waals surface area contributed by atoms with Crippen LogP contribution in [0.3, 0.4) is 0 Å². The number of para-hydroxylation sites is 2. The number of benzene rings is 2. The molecule has 0 bridgehead atoms. The SMILES string of the molecule is CCCCOc1ccccc1NC(=O)/C=C/c1ccc(OC(F)F)c(OC)c1. The molecular weight excluding hydrogens is 368 g/mol. The number of amides is 1. The Hall–Kier alpha value is -3.09. The standard InChI is InChI=1S/C21H23F2NO4/c1-3-4-13-27-17-8-6-5-7-16(17)24-20(25)12-10-15-9-11-18(28-21(22)23)19(14-15)26-2/h5-12,14,21H,3-4,13H2,1-2H3,(H,24,25)/b12-10+. The van der Waals surface area contributed by atoms with E-state index in [4.69, 9.17) is 9.47 Å². The number of nitrogens with one attached hydrogen (secondary N) is 1. The van der Waals surface area contributed by atoms with Gasteiger partial charge in [-0.15, -0.1) is 0 Å². The average molecular weight is 391 g/mol. The van der Waals surface area contributed by atoms with Crippen molar-refractivity contribution < 1.29 is 27.8 Å². The molecule has 1 N–H and O–H groups in total. The number of alkyl halides is 2. The fraction of sp³-hybridized carbons (Fsp3) is 0.286. The molecule has 0 spiro atoms. The monoisotopic (exact) mass is 391 g/mol. The molecule has 0 saturated carbocycles. The summed E-state index contributed by atoms with van der Waals surface area (Å²) in [7, 11) is 1.35. The molecule has 0 unspecified atom stereocenters. The maximum atomic E-state index is 12.4. The van der Waals surface area contributed by atoms with Gasteiger partial charge in [0.1, 0.15) is 5.75 Å². The Morgan fingerprint density at radius 2 is 1.93 bits per heavy atom. The van der Waals surface area contributed by atoms with Crippen LogP contribution >= 0.6 is 0 Å². The number of ether oxygens (including phenoxy) is 3. The topological polar surface area (TPSA) is 56.8 Å². The number of halogens is 2. The van der Waals surface area contributed by atoms with Crippen LogP contribution < -0.4 is 19.5 Å². The number of hydrogen-bond acceptors (Lipinski definition) is 4. The number of carbonyl (C=O) groups is 1. The molecule has 150 valence electrons. The highest BCUT2D eigenvalue weighted by atomic mass is 19.3. The fourth-order valence-corrected chi connectivity index (χ4v) is 2.35. The van der Waals surface area contributed by atoms with Crippen LogP contribution in [-0.4, -0.2) is 26.2 Å². The minimum Gasteiger partial charge on any atom is -0.493 e. The molecule has 28 heavy (non-hydrogen) atoms. The van der Waals surface area contributed by atoms with Gasteiger partial charge in [0, 0.05) is 6.08 Å². The first-order chi connectivity index (χ1) is 13.5. The Balaban J connectivity index is 2.04. The Kier molecular flexibility index (Phi) is 8.27. The van der Waals surface area contributed by atoms with Crippen LogP contribution in [0, 0.1) is 0 Å². The summed E-state index contributed by atoms with van der Waals surface area (Å²) < 4.78 is 39.8. The van der Waals surface area contributed by atoms with Crippen LogP contribution in [0.5, 0.6) is 17.2 Å². The van der Waals surface area contributed by atoms with Gasteiger partial charge < -0.3 is 19.5 Å². The summed E-state index contributed by atoms with van der Waals surface area (Å²) in [6.45, 7) is -0.296. The van der Waals surface area contributed by atoms with Gasteiger partial charge in [-0.05, 0) is 42.3 Å². The highest BCUT2D eigenvalue weighted by Crippen LogP contribution is 2.30. The van der Waals surface area contributed by atoms with Crippen LogP contribution in [0.15, 0.2) is 48.5 Å². The number of carbonyl (C=O) groups excluding carboxylic acids is 1. The average Bonchev–Trinajstić information content (AvgIpc) is 2.68. The third kappa shape index (κ3) is 6.57. The number of hydrogen-bond donors (Lipinski definition) is 1. The number of methoxy groups -OCH3 is 1. The van der Waals surface area contributed by atoms with Crippen LogP contribution in [0.25, 0.3) is 6.08 Å². The minimum atomic E-state index is -2.94. The van der Waals surface area contributed by atoms with E-state index in [0.717, 1.165) is 12.8 Å². The Bertz CT molecular complexity index is 809. The zero-order valence-electron chi connectivity index (χ0n) is 15.8. The normalized spacial score (nSPS) is 10.9. The first-order valence-corrected chi connectivity index (χ1v) is 8.87. The number of anilines is 1. The van der Waals surface area contributed by atoms with Gasteiger partial charge in [-0.3, -0.25) is 4.79 Å². The summed E-state index contributed by atoms with van der Waals surface area (Å²) in [6, 6.07) is 11.6. The van der Waals surface area contributed by atoms with Gasteiger partial charge in [0.15, 0.2) is 11.5 Å². The molecular formula is C21H23F2NO4. The lowest BCUT2D eigenvalue weighted by atomic mass is 10.2. The van der Waals surface area contributed by atoms with E-state index < -0.39 is 6.61 Å². The predicted molar refractivity (Wildman–Crippen MR) is 104 cm³/mol. The lowest BCUT2D eigenvalue weighted by molar-refractivity contribution is -0.111. The van der Waals surface area contributed by atoms with Crippen LogP contribution in [-0.2, 0) is 4.79 Å². The van der Waals surface area contributed by atoms with Gasteiger partial charge in [-0.25, -0.2) is 0 Å². The lowest BCUT2D eigenvalue weighted by Crippen LogP contribution is -2.09. The van der Waals surface area contributed by atoms with Crippen molar-refractivity contribution in [3.8, 4) is 17.2 Å². The summed E-state index contributed by atoms with van der Waals surface area (Å²) in [5.41, 5.74) is 1.17. The van der Waals surface area contributed by atoms with Crippen LogP contribution in [0.2, 0.25) is 0 Å². The Labute approximate surface area is 162 Å². The van der Waals surface area contributed by atoms with Crippen LogP contribution in [0.4, 0.5) is 14.5 Å². The largest absolute Gasteiger partial charge is 0.493 e. The highest BCUT2D eigenvalue weighted by Gasteiger charge is 2.10. The predicted octanol–water partition coefficient (Wildman–Crippen LogP) is 5.13. The second kappa shape index (κ2) is 10.9. The first kappa shape index (κ1) is 21.2. The van der Waals surface area contributed by atoms with Crippen molar-refractivity contribution in [1.82, 2.24) is 0 Å². The zero-order chi connectivity index (χ0) is 20.4. The van der Waals surface area contributed by atoms with Crippen molar-refractivity contribution in [1.29, 1.82) is 0 Å². The van der Waals surface area contributed by atoms with Crippen molar-refractivity contribution in [2.75, 3.05) is 19.0 Å². The molecule has 0 atom stereocenters. The molecule has 0 aliphatic carbocycles. The fourth-order valence-electron chi connectivity index (χ4n) is 2.35. The molecule has 0 heterocycles. The van der Waals surface area contributed by atoms with Gasteiger partial charge in [-0.2, -0.15) is 8.78 Å². The summed E-state index contributed by atoms with van der Waals surface area (Å²) >= 11 is 0. The minimum absolute atomic E-state index is 0.0720. The molecule has 0 fully saturated rings. The van der Waals surface area contributed by atoms with Crippen molar-refractivity contribution >= 4 is 17.7 Å². The van der Waals surface area contributed by atoms with E-state index in [2.05, 4.69) is 17.0 Å². The van der Waals surface area contributed by atoms with Crippen molar-refractivity contribution in [2.24, 2.45) is 0 Å². The Morgan fingerprint density at radius 1 is 1.14 bits per heavy atom. The third-order valence-electron chi connectivity index (χ3n) is 3.73. The van der Waals surface area contributed by atoms with E-state index in [9.17, 15) is 13.6 Å². The van der Waals surface area contributed by atoms with Crippen LogP contribution in [0.1, 0.15) is 25.3 Å². The van der Waals surface area contributed by atoms with Gasteiger partial charge in [0.05, 0.1) is 19.4 Å². The molecule has 0 aliphatic heterocycles. The highest BCUT2D eigenvalue weighted by molar-refractivity contribution is 6.02.